The van der Waals surface area contributed by atoms with Crippen molar-refractivity contribution in [3.05, 3.63) is 0 Å². The predicted octanol–water partition coefficient (Wildman–Crippen LogP) is -0.129. The van der Waals surface area contributed by atoms with Crippen molar-refractivity contribution in [3.8, 4) is 0 Å². The summed E-state index contributed by atoms with van der Waals surface area (Å²) in [5, 5.41) is 8.93. The molecule has 0 aliphatic carbocycles. The van der Waals surface area contributed by atoms with Gasteiger partial charge in [0.2, 0.25) is 11.8 Å². The Labute approximate surface area is 93.2 Å². The van der Waals surface area contributed by atoms with Gasteiger partial charge in [-0.15, -0.1) is 0 Å². The summed E-state index contributed by atoms with van der Waals surface area (Å²) in [7, 11) is 1.33. The summed E-state index contributed by atoms with van der Waals surface area (Å²) in [4.78, 5) is 35.0. The van der Waals surface area contributed by atoms with Crippen LogP contribution in [0, 0.1) is 5.92 Å². The van der Waals surface area contributed by atoms with Crippen LogP contribution in [-0.2, 0) is 19.1 Å². The highest BCUT2D eigenvalue weighted by atomic mass is 16.5. The van der Waals surface area contributed by atoms with Gasteiger partial charge >= 0.3 is 5.97 Å². The molecule has 1 atom stereocenters. The highest BCUT2D eigenvalue weighted by Crippen LogP contribution is 2.21. The van der Waals surface area contributed by atoms with E-state index < -0.39 is 23.8 Å². The molecule has 1 rings (SSSR count). The molecule has 0 aromatic rings. The number of carbonyl (C=O) groups excluding carboxylic acids is 2. The molecule has 6 heteroatoms. The summed E-state index contributed by atoms with van der Waals surface area (Å²) in [6, 6.07) is -1.21. The number of likely N-dealkylation sites (tertiary alicyclic amines) is 1. The monoisotopic (exact) mass is 229 g/mol. The van der Waals surface area contributed by atoms with Crippen LogP contribution in [0.15, 0.2) is 0 Å². The average molecular weight is 229 g/mol. The summed E-state index contributed by atoms with van der Waals surface area (Å²) >= 11 is 0. The smallest absolute Gasteiger partial charge is 0.329 e. The lowest BCUT2D eigenvalue weighted by atomic mass is 9.96. The molecule has 2 amide bonds. The Hall–Kier alpha value is -1.43. The van der Waals surface area contributed by atoms with E-state index in [1.54, 1.807) is 6.92 Å². The van der Waals surface area contributed by atoms with Crippen LogP contribution in [0.25, 0.3) is 0 Å². The molecular formula is C10H15NO5. The second kappa shape index (κ2) is 5.07. The number of ether oxygens (including phenoxy) is 1. The lowest BCUT2D eigenvalue weighted by Crippen LogP contribution is -2.53. The van der Waals surface area contributed by atoms with Crippen molar-refractivity contribution in [2.24, 2.45) is 5.92 Å². The molecule has 90 valence electrons. The molecule has 0 bridgehead atoms. The van der Waals surface area contributed by atoms with Crippen LogP contribution in [0.1, 0.15) is 19.8 Å². The molecule has 1 aliphatic heterocycles. The summed E-state index contributed by atoms with van der Waals surface area (Å²) in [5.74, 6) is -2.12. The SMILES string of the molecule is COCC(C(=O)O)N1C(=O)CC(C)CC1=O. The summed E-state index contributed by atoms with van der Waals surface area (Å²) in [6.07, 6.45) is 0.415. The topological polar surface area (TPSA) is 83.9 Å². The van der Waals surface area contributed by atoms with Crippen LogP contribution < -0.4 is 0 Å². The van der Waals surface area contributed by atoms with E-state index in [0.717, 1.165) is 4.90 Å². The van der Waals surface area contributed by atoms with Crippen molar-refractivity contribution in [1.29, 1.82) is 0 Å². The lowest BCUT2D eigenvalue weighted by Gasteiger charge is -2.32. The van der Waals surface area contributed by atoms with Gasteiger partial charge in [-0.3, -0.25) is 14.5 Å². The van der Waals surface area contributed by atoms with Gasteiger partial charge < -0.3 is 9.84 Å². The molecule has 16 heavy (non-hydrogen) atoms. The minimum Gasteiger partial charge on any atom is -0.480 e. The molecule has 1 saturated heterocycles. The maximum Gasteiger partial charge on any atom is 0.329 e. The number of hydrogen-bond acceptors (Lipinski definition) is 4. The zero-order valence-electron chi connectivity index (χ0n) is 9.30. The maximum atomic E-state index is 11.6. The minimum atomic E-state index is -1.22. The van der Waals surface area contributed by atoms with Gasteiger partial charge in [-0.1, -0.05) is 6.92 Å². The molecule has 6 nitrogen and oxygen atoms in total. The maximum absolute atomic E-state index is 11.6. The van der Waals surface area contributed by atoms with Gasteiger partial charge in [-0.25, -0.2) is 4.79 Å². The largest absolute Gasteiger partial charge is 0.480 e. The number of amides is 2. The molecular weight excluding hydrogens is 214 g/mol. The van der Waals surface area contributed by atoms with E-state index in [-0.39, 0.29) is 25.4 Å². The van der Waals surface area contributed by atoms with Crippen molar-refractivity contribution in [2.45, 2.75) is 25.8 Å². The second-order valence-electron chi connectivity index (χ2n) is 3.98. The van der Waals surface area contributed by atoms with E-state index >= 15 is 0 Å². The number of nitrogens with zero attached hydrogens (tertiary/aromatic N) is 1. The molecule has 0 aromatic carbocycles. The number of carboxylic acid groups (broad SMARTS) is 1. The van der Waals surface area contributed by atoms with Gasteiger partial charge in [0, 0.05) is 20.0 Å². The molecule has 1 fully saturated rings. The fourth-order valence-electron chi connectivity index (χ4n) is 1.77. The summed E-state index contributed by atoms with van der Waals surface area (Å²) < 4.78 is 4.72. The van der Waals surface area contributed by atoms with E-state index in [0.29, 0.717) is 0 Å². The van der Waals surface area contributed by atoms with Crippen LogP contribution in [0.3, 0.4) is 0 Å². The number of hydrogen-bond donors (Lipinski definition) is 1. The second-order valence-corrected chi connectivity index (χ2v) is 3.98. The first-order valence-corrected chi connectivity index (χ1v) is 5.04. The Morgan fingerprint density at radius 2 is 2.00 bits per heavy atom. The summed E-state index contributed by atoms with van der Waals surface area (Å²) in [6.45, 7) is 1.61. The lowest BCUT2D eigenvalue weighted by molar-refractivity contribution is -0.163. The van der Waals surface area contributed by atoms with E-state index in [2.05, 4.69) is 0 Å². The van der Waals surface area contributed by atoms with Crippen LogP contribution in [0.2, 0.25) is 0 Å². The third-order valence-electron chi connectivity index (χ3n) is 2.50. The Bertz CT molecular complexity index is 296. The number of rotatable bonds is 4. The highest BCUT2D eigenvalue weighted by molar-refractivity contribution is 6.01. The molecule has 0 radical (unpaired) electrons. The molecule has 1 unspecified atom stereocenters. The van der Waals surface area contributed by atoms with Crippen LogP contribution in [-0.4, -0.2) is 47.5 Å². The number of methoxy groups -OCH3 is 1. The van der Waals surface area contributed by atoms with Crippen molar-refractivity contribution in [3.63, 3.8) is 0 Å². The van der Waals surface area contributed by atoms with Gasteiger partial charge in [-0.2, -0.15) is 0 Å². The fourth-order valence-corrected chi connectivity index (χ4v) is 1.77. The van der Waals surface area contributed by atoms with Gasteiger partial charge in [0.25, 0.3) is 0 Å². The molecule has 1 N–H and O–H groups in total. The van der Waals surface area contributed by atoms with E-state index in [1.165, 1.54) is 7.11 Å². The minimum absolute atomic E-state index is 0.0201. The van der Waals surface area contributed by atoms with Crippen molar-refractivity contribution >= 4 is 17.8 Å². The number of aliphatic carboxylic acids is 1. The zero-order valence-corrected chi connectivity index (χ0v) is 9.30. The Morgan fingerprint density at radius 3 is 2.38 bits per heavy atom. The van der Waals surface area contributed by atoms with Crippen LogP contribution in [0.4, 0.5) is 0 Å². The van der Waals surface area contributed by atoms with Crippen molar-refractivity contribution in [2.75, 3.05) is 13.7 Å². The number of carboxylic acids is 1. The molecule has 0 spiro atoms. The van der Waals surface area contributed by atoms with Gasteiger partial charge in [0.15, 0.2) is 6.04 Å². The first kappa shape index (κ1) is 12.6. The fraction of sp³-hybridized carbons (Fsp3) is 0.700. The first-order valence-electron chi connectivity index (χ1n) is 5.04. The average Bonchev–Trinajstić information content (AvgIpc) is 2.14. The summed E-state index contributed by atoms with van der Waals surface area (Å²) in [5.41, 5.74) is 0. The van der Waals surface area contributed by atoms with Gasteiger partial charge in [0.1, 0.15) is 0 Å². The third kappa shape index (κ3) is 2.57. The zero-order chi connectivity index (χ0) is 12.3. The van der Waals surface area contributed by atoms with E-state index in [9.17, 15) is 14.4 Å². The number of piperidine rings is 1. The number of carbonyl (C=O) groups is 3. The molecule has 1 heterocycles. The van der Waals surface area contributed by atoms with Crippen LogP contribution >= 0.6 is 0 Å². The standard InChI is InChI=1S/C10H15NO5/c1-6-3-8(12)11(9(13)4-6)7(5-16-2)10(14)15/h6-7H,3-5H2,1-2H3,(H,14,15). The Kier molecular flexibility index (Phi) is 4.00. The number of imide groups is 1. The Morgan fingerprint density at radius 1 is 1.50 bits per heavy atom. The quantitative estimate of drug-likeness (QED) is 0.679. The molecule has 1 aliphatic rings. The first-order chi connectivity index (χ1) is 7.47. The third-order valence-corrected chi connectivity index (χ3v) is 2.50. The highest BCUT2D eigenvalue weighted by Gasteiger charge is 2.38. The van der Waals surface area contributed by atoms with Gasteiger partial charge in [0.05, 0.1) is 6.61 Å². The predicted molar refractivity (Wildman–Crippen MR) is 53.6 cm³/mol. The van der Waals surface area contributed by atoms with E-state index in [4.69, 9.17) is 9.84 Å². The normalized spacial score (nSPS) is 20.0. The van der Waals surface area contributed by atoms with Crippen molar-refractivity contribution in [1.82, 2.24) is 4.90 Å². The van der Waals surface area contributed by atoms with Crippen molar-refractivity contribution < 1.29 is 24.2 Å². The van der Waals surface area contributed by atoms with E-state index in [1.807, 2.05) is 0 Å². The molecule has 0 aromatic heterocycles. The Balaban J connectivity index is 2.86. The van der Waals surface area contributed by atoms with Gasteiger partial charge in [-0.05, 0) is 5.92 Å². The van der Waals surface area contributed by atoms with Crippen LogP contribution in [0.5, 0.6) is 0 Å². The molecule has 0 saturated carbocycles.